The molecule has 1 N–H and O–H groups in total. The molecule has 0 amide bonds. The zero-order valence-electron chi connectivity index (χ0n) is 4.40. The highest BCUT2D eigenvalue weighted by atomic mass is 19.3. The Hall–Kier alpha value is -0.930. The first-order valence-electron chi connectivity index (χ1n) is 2.34. The number of aliphatic carboxylic acids is 1. The van der Waals surface area contributed by atoms with Gasteiger partial charge < -0.3 is 5.11 Å². The molecule has 0 aliphatic heterocycles. The van der Waals surface area contributed by atoms with Crippen LogP contribution in [0.5, 0.6) is 0 Å². The number of halogens is 2. The third kappa shape index (κ3) is 1.25. The van der Waals surface area contributed by atoms with E-state index >= 15 is 0 Å². The molecule has 1 aliphatic rings. The largest absolute Gasteiger partial charge is 0.481 e. The molecule has 0 saturated heterocycles. The van der Waals surface area contributed by atoms with Crippen molar-refractivity contribution in [3.63, 3.8) is 0 Å². The molecule has 0 radical (unpaired) electrons. The molecule has 0 aromatic carbocycles. The summed E-state index contributed by atoms with van der Waals surface area (Å²) in [4.78, 5) is 9.76. The summed E-state index contributed by atoms with van der Waals surface area (Å²) in [6.45, 7) is 0. The molecule has 0 unspecified atom stereocenters. The van der Waals surface area contributed by atoms with E-state index in [4.69, 9.17) is 5.11 Å². The van der Waals surface area contributed by atoms with Crippen LogP contribution in [0, 0.1) is 0 Å². The standard InChI is InChI=1S/C5H4F2O2/c6-5(7)2-3(5)1-4(8)9/h2H,1H2,(H,8,9). The highest BCUT2D eigenvalue weighted by Gasteiger charge is 2.45. The Bertz CT molecular complexity index is 183. The van der Waals surface area contributed by atoms with Gasteiger partial charge >= 0.3 is 5.97 Å². The van der Waals surface area contributed by atoms with Crippen LogP contribution in [0.4, 0.5) is 8.78 Å². The van der Waals surface area contributed by atoms with E-state index in [1.54, 1.807) is 0 Å². The normalized spacial score (nSPS) is 20.9. The van der Waals surface area contributed by atoms with Crippen molar-refractivity contribution in [3.05, 3.63) is 11.6 Å². The summed E-state index contributed by atoms with van der Waals surface area (Å²) in [5.41, 5.74) is -0.282. The van der Waals surface area contributed by atoms with Gasteiger partial charge in [0.15, 0.2) is 0 Å². The molecule has 0 heterocycles. The first-order chi connectivity index (χ1) is 4.02. The maximum Gasteiger partial charge on any atom is 0.307 e. The summed E-state index contributed by atoms with van der Waals surface area (Å²) >= 11 is 0. The number of alkyl halides is 2. The number of hydrogen-bond donors (Lipinski definition) is 1. The van der Waals surface area contributed by atoms with Gasteiger partial charge in [-0.05, 0) is 6.08 Å². The van der Waals surface area contributed by atoms with Crippen molar-refractivity contribution >= 4 is 5.97 Å². The van der Waals surface area contributed by atoms with E-state index in [1.165, 1.54) is 0 Å². The summed E-state index contributed by atoms with van der Waals surface area (Å²) < 4.78 is 23.6. The molecule has 50 valence electrons. The second-order valence-corrected chi connectivity index (χ2v) is 1.86. The molecule has 1 rings (SSSR count). The van der Waals surface area contributed by atoms with E-state index in [2.05, 4.69) is 0 Å². The minimum atomic E-state index is -2.89. The molecule has 0 atom stereocenters. The predicted molar refractivity (Wildman–Crippen MR) is 25.3 cm³/mol. The van der Waals surface area contributed by atoms with Crippen molar-refractivity contribution < 1.29 is 18.7 Å². The topological polar surface area (TPSA) is 37.3 Å². The monoisotopic (exact) mass is 134 g/mol. The average Bonchev–Trinajstić information content (AvgIpc) is 2.10. The van der Waals surface area contributed by atoms with Crippen molar-refractivity contribution in [2.75, 3.05) is 0 Å². The van der Waals surface area contributed by atoms with Gasteiger partial charge in [-0.15, -0.1) is 0 Å². The molecule has 0 aromatic rings. The smallest absolute Gasteiger partial charge is 0.307 e. The number of allylic oxidation sites excluding steroid dienone is 1. The fourth-order valence-corrected chi connectivity index (χ4v) is 0.515. The lowest BCUT2D eigenvalue weighted by Crippen LogP contribution is -2.00. The van der Waals surface area contributed by atoms with Gasteiger partial charge in [-0.1, -0.05) is 0 Å². The van der Waals surface area contributed by atoms with Crippen LogP contribution in [0.1, 0.15) is 6.42 Å². The first kappa shape index (κ1) is 6.19. The molecular formula is C5H4F2O2. The number of rotatable bonds is 2. The Kier molecular flexibility index (Phi) is 1.05. The van der Waals surface area contributed by atoms with Crippen LogP contribution in [0.2, 0.25) is 0 Å². The summed E-state index contributed by atoms with van der Waals surface area (Å²) in [5, 5.41) is 7.98. The number of carboxylic acids is 1. The van der Waals surface area contributed by atoms with E-state index in [0.717, 1.165) is 0 Å². The molecule has 0 fully saturated rings. The predicted octanol–water partition coefficient (Wildman–Crippen LogP) is 1.04. The second kappa shape index (κ2) is 1.52. The van der Waals surface area contributed by atoms with E-state index in [9.17, 15) is 13.6 Å². The van der Waals surface area contributed by atoms with Crippen molar-refractivity contribution in [3.8, 4) is 0 Å². The van der Waals surface area contributed by atoms with Crippen LogP contribution in [-0.2, 0) is 4.79 Å². The lowest BCUT2D eigenvalue weighted by molar-refractivity contribution is -0.136. The van der Waals surface area contributed by atoms with Crippen molar-refractivity contribution in [2.45, 2.75) is 12.3 Å². The number of carbonyl (C=O) groups is 1. The summed E-state index contributed by atoms with van der Waals surface area (Å²) in [6.07, 6.45) is 0.119. The van der Waals surface area contributed by atoms with Crippen LogP contribution < -0.4 is 0 Å². The van der Waals surface area contributed by atoms with Gasteiger partial charge in [0.05, 0.1) is 6.42 Å². The quantitative estimate of drug-likeness (QED) is 0.573. The van der Waals surface area contributed by atoms with Crippen molar-refractivity contribution in [1.82, 2.24) is 0 Å². The maximum absolute atomic E-state index is 11.8. The van der Waals surface area contributed by atoms with E-state index < -0.39 is 18.3 Å². The van der Waals surface area contributed by atoms with Crippen LogP contribution >= 0.6 is 0 Å². The SMILES string of the molecule is O=C(O)CC1=CC1(F)F. The van der Waals surface area contributed by atoms with Gasteiger partial charge in [-0.2, -0.15) is 8.78 Å². The van der Waals surface area contributed by atoms with Gasteiger partial charge in [0, 0.05) is 5.57 Å². The maximum atomic E-state index is 11.8. The van der Waals surface area contributed by atoms with E-state index in [1.807, 2.05) is 0 Å². The van der Waals surface area contributed by atoms with Gasteiger partial charge in [-0.3, -0.25) is 4.79 Å². The van der Waals surface area contributed by atoms with Gasteiger partial charge in [-0.25, -0.2) is 0 Å². The summed E-state index contributed by atoms with van der Waals surface area (Å²) in [6, 6.07) is 0. The number of carboxylic acid groups (broad SMARTS) is 1. The van der Waals surface area contributed by atoms with Crippen molar-refractivity contribution in [2.24, 2.45) is 0 Å². The third-order valence-corrected chi connectivity index (χ3v) is 1.04. The zero-order valence-corrected chi connectivity index (χ0v) is 4.40. The molecule has 0 spiro atoms. The van der Waals surface area contributed by atoms with Crippen molar-refractivity contribution in [1.29, 1.82) is 0 Å². The van der Waals surface area contributed by atoms with E-state index in [-0.39, 0.29) is 5.57 Å². The summed E-state index contributed by atoms with van der Waals surface area (Å²) in [7, 11) is 0. The van der Waals surface area contributed by atoms with Crippen LogP contribution in [0.25, 0.3) is 0 Å². The fraction of sp³-hybridized carbons (Fsp3) is 0.400. The molecule has 0 bridgehead atoms. The third-order valence-electron chi connectivity index (χ3n) is 1.04. The van der Waals surface area contributed by atoms with E-state index in [0.29, 0.717) is 6.08 Å². The highest BCUT2D eigenvalue weighted by Crippen LogP contribution is 2.41. The Morgan fingerprint density at radius 3 is 2.33 bits per heavy atom. The molecule has 0 saturated carbocycles. The molecule has 1 aliphatic carbocycles. The minimum Gasteiger partial charge on any atom is -0.481 e. The molecule has 0 aromatic heterocycles. The Balaban J connectivity index is 2.36. The minimum absolute atomic E-state index is 0.282. The Labute approximate surface area is 49.8 Å². The highest BCUT2D eigenvalue weighted by molar-refractivity contribution is 5.73. The lowest BCUT2D eigenvalue weighted by Gasteiger charge is -1.91. The first-order valence-corrected chi connectivity index (χ1v) is 2.34. The van der Waals surface area contributed by atoms with Gasteiger partial charge in [0.25, 0.3) is 5.92 Å². The zero-order chi connectivity index (χ0) is 7.07. The Morgan fingerprint density at radius 1 is 1.78 bits per heavy atom. The fourth-order valence-electron chi connectivity index (χ4n) is 0.515. The van der Waals surface area contributed by atoms with Crippen LogP contribution in [0.15, 0.2) is 11.6 Å². The summed E-state index contributed by atoms with van der Waals surface area (Å²) in [5.74, 6) is -4.10. The van der Waals surface area contributed by atoms with Crippen LogP contribution in [-0.4, -0.2) is 17.0 Å². The van der Waals surface area contributed by atoms with Gasteiger partial charge in [0.2, 0.25) is 0 Å². The lowest BCUT2D eigenvalue weighted by atomic mass is 10.3. The molecular weight excluding hydrogens is 130 g/mol. The average molecular weight is 134 g/mol. The molecule has 9 heavy (non-hydrogen) atoms. The van der Waals surface area contributed by atoms with Gasteiger partial charge in [0.1, 0.15) is 0 Å². The number of hydrogen-bond acceptors (Lipinski definition) is 1. The molecule has 4 heteroatoms. The Morgan fingerprint density at radius 2 is 2.22 bits per heavy atom. The molecule has 2 nitrogen and oxygen atoms in total. The van der Waals surface area contributed by atoms with Crippen LogP contribution in [0.3, 0.4) is 0 Å². The second-order valence-electron chi connectivity index (χ2n) is 1.86.